The number of rotatable bonds is 3. The van der Waals surface area contributed by atoms with E-state index in [4.69, 9.17) is 0 Å². The summed E-state index contributed by atoms with van der Waals surface area (Å²) in [4.78, 5) is 22.3. The second kappa shape index (κ2) is 4.27. The van der Waals surface area contributed by atoms with Gasteiger partial charge in [-0.15, -0.1) is 11.8 Å². The van der Waals surface area contributed by atoms with Gasteiger partial charge in [0.15, 0.2) is 5.78 Å². The maximum atomic E-state index is 11.3. The van der Waals surface area contributed by atoms with E-state index >= 15 is 0 Å². The molecule has 0 aromatic heterocycles. The van der Waals surface area contributed by atoms with Crippen molar-refractivity contribution in [2.45, 2.75) is 44.1 Å². The molecule has 2 unspecified atom stereocenters. The third-order valence-corrected chi connectivity index (χ3v) is 4.19. The minimum atomic E-state index is -0.0510. The van der Waals surface area contributed by atoms with Gasteiger partial charge in [0.2, 0.25) is 0 Å². The van der Waals surface area contributed by atoms with Gasteiger partial charge in [0.25, 0.3) is 0 Å². The summed E-state index contributed by atoms with van der Waals surface area (Å²) in [7, 11) is 0. The summed E-state index contributed by atoms with van der Waals surface area (Å²) in [6, 6.07) is 0. The second-order valence-corrected chi connectivity index (χ2v) is 5.54. The predicted octanol–water partition coefficient (Wildman–Crippen LogP) is 2.06. The molecule has 13 heavy (non-hydrogen) atoms. The van der Waals surface area contributed by atoms with E-state index in [9.17, 15) is 9.59 Å². The highest BCUT2D eigenvalue weighted by atomic mass is 32.2. The number of hydrogen-bond acceptors (Lipinski definition) is 3. The molecule has 0 saturated heterocycles. The van der Waals surface area contributed by atoms with E-state index in [0.29, 0.717) is 17.6 Å². The summed E-state index contributed by atoms with van der Waals surface area (Å²) >= 11 is 1.66. The molecule has 1 aliphatic carbocycles. The molecule has 0 bridgehead atoms. The van der Waals surface area contributed by atoms with Crippen molar-refractivity contribution in [1.82, 2.24) is 0 Å². The molecule has 1 aliphatic rings. The number of hydrogen-bond donors (Lipinski definition) is 0. The lowest BCUT2D eigenvalue weighted by molar-refractivity contribution is -0.121. The van der Waals surface area contributed by atoms with Gasteiger partial charge in [0, 0.05) is 11.7 Å². The zero-order valence-corrected chi connectivity index (χ0v) is 9.19. The highest BCUT2D eigenvalue weighted by Gasteiger charge is 2.32. The predicted molar refractivity (Wildman–Crippen MR) is 54.9 cm³/mol. The fourth-order valence-corrected chi connectivity index (χ4v) is 2.59. The Hall–Kier alpha value is -0.310. The Bertz CT molecular complexity index is 223. The maximum Gasteiger partial charge on any atom is 0.153 e. The molecular formula is C10H16O2S. The number of Topliss-reactive ketones (excluding diaryl/α,β-unsaturated/α-hetero) is 2. The molecule has 0 radical (unpaired) electrons. The Morgan fingerprint density at radius 2 is 1.92 bits per heavy atom. The van der Waals surface area contributed by atoms with Crippen LogP contribution in [-0.2, 0) is 9.59 Å². The SMILES string of the molecule is CC(C)C(C)SC1CC(=O)CC1=O. The molecule has 0 aliphatic heterocycles. The van der Waals surface area contributed by atoms with Crippen molar-refractivity contribution in [3.63, 3.8) is 0 Å². The van der Waals surface area contributed by atoms with E-state index < -0.39 is 0 Å². The van der Waals surface area contributed by atoms with Gasteiger partial charge in [0.1, 0.15) is 5.78 Å². The van der Waals surface area contributed by atoms with Gasteiger partial charge in [-0.3, -0.25) is 9.59 Å². The second-order valence-electron chi connectivity index (χ2n) is 3.96. The fraction of sp³-hybridized carbons (Fsp3) is 0.800. The smallest absolute Gasteiger partial charge is 0.153 e. The van der Waals surface area contributed by atoms with Gasteiger partial charge >= 0.3 is 0 Å². The molecule has 0 aromatic rings. The molecule has 2 nitrogen and oxygen atoms in total. The Balaban J connectivity index is 2.46. The number of carbonyl (C=O) groups is 2. The lowest BCUT2D eigenvalue weighted by Crippen LogP contribution is -2.16. The van der Waals surface area contributed by atoms with E-state index in [1.54, 1.807) is 11.8 Å². The third-order valence-electron chi connectivity index (χ3n) is 2.46. The van der Waals surface area contributed by atoms with E-state index in [2.05, 4.69) is 20.8 Å². The molecule has 0 amide bonds. The van der Waals surface area contributed by atoms with E-state index in [1.807, 2.05) is 0 Å². The Morgan fingerprint density at radius 3 is 2.31 bits per heavy atom. The molecule has 0 aromatic carbocycles. The van der Waals surface area contributed by atoms with Gasteiger partial charge in [0.05, 0.1) is 11.7 Å². The van der Waals surface area contributed by atoms with E-state index in [-0.39, 0.29) is 23.2 Å². The fourth-order valence-electron chi connectivity index (χ4n) is 1.24. The van der Waals surface area contributed by atoms with Crippen LogP contribution in [0.25, 0.3) is 0 Å². The van der Waals surface area contributed by atoms with Crippen LogP contribution in [0.3, 0.4) is 0 Å². The van der Waals surface area contributed by atoms with Crippen LogP contribution in [0.15, 0.2) is 0 Å². The van der Waals surface area contributed by atoms with Gasteiger partial charge in [-0.1, -0.05) is 20.8 Å². The summed E-state index contributed by atoms with van der Waals surface area (Å²) in [5, 5.41) is 0.407. The van der Waals surface area contributed by atoms with Crippen LogP contribution in [0, 0.1) is 5.92 Å². The average Bonchev–Trinajstić information content (AvgIpc) is 2.30. The zero-order valence-electron chi connectivity index (χ0n) is 8.37. The van der Waals surface area contributed by atoms with Crippen molar-refractivity contribution >= 4 is 23.3 Å². The molecule has 74 valence electrons. The lowest BCUT2D eigenvalue weighted by atomic mass is 10.2. The average molecular weight is 200 g/mol. The molecule has 1 rings (SSSR count). The first-order valence-corrected chi connectivity index (χ1v) is 5.65. The van der Waals surface area contributed by atoms with Crippen molar-refractivity contribution in [3.05, 3.63) is 0 Å². The summed E-state index contributed by atoms with van der Waals surface area (Å²) in [5.41, 5.74) is 0. The third kappa shape index (κ3) is 2.83. The van der Waals surface area contributed by atoms with Crippen LogP contribution in [0.5, 0.6) is 0 Å². The minimum absolute atomic E-state index is 0.0510. The highest BCUT2D eigenvalue weighted by Crippen LogP contribution is 2.30. The number of ketones is 2. The monoisotopic (exact) mass is 200 g/mol. The number of carbonyl (C=O) groups excluding carboxylic acids is 2. The molecule has 0 spiro atoms. The van der Waals surface area contributed by atoms with Gasteiger partial charge in [-0.25, -0.2) is 0 Å². The van der Waals surface area contributed by atoms with E-state index in [0.717, 1.165) is 0 Å². The van der Waals surface area contributed by atoms with Crippen molar-refractivity contribution < 1.29 is 9.59 Å². The van der Waals surface area contributed by atoms with Crippen LogP contribution in [-0.4, -0.2) is 22.1 Å². The summed E-state index contributed by atoms with van der Waals surface area (Å²) in [6.45, 7) is 6.39. The molecule has 0 heterocycles. The van der Waals surface area contributed by atoms with Crippen LogP contribution in [0.1, 0.15) is 33.6 Å². The Labute approximate surface area is 83.5 Å². The molecule has 1 saturated carbocycles. The standard InChI is InChI=1S/C10H16O2S/c1-6(2)7(3)13-10-5-8(11)4-9(10)12/h6-7,10H,4-5H2,1-3H3. The van der Waals surface area contributed by atoms with Crippen molar-refractivity contribution in [2.75, 3.05) is 0 Å². The first-order chi connectivity index (χ1) is 6.00. The molecule has 2 atom stereocenters. The van der Waals surface area contributed by atoms with Crippen LogP contribution in [0.2, 0.25) is 0 Å². The molecular weight excluding hydrogens is 184 g/mol. The molecule has 0 N–H and O–H groups in total. The maximum absolute atomic E-state index is 11.3. The van der Waals surface area contributed by atoms with Crippen LogP contribution in [0.4, 0.5) is 0 Å². The summed E-state index contributed by atoms with van der Waals surface area (Å²) in [6.07, 6.45) is 0.628. The van der Waals surface area contributed by atoms with Gasteiger partial charge < -0.3 is 0 Å². The molecule has 3 heteroatoms. The van der Waals surface area contributed by atoms with Crippen LogP contribution < -0.4 is 0 Å². The van der Waals surface area contributed by atoms with Crippen molar-refractivity contribution in [3.8, 4) is 0 Å². The van der Waals surface area contributed by atoms with E-state index in [1.165, 1.54) is 0 Å². The zero-order chi connectivity index (χ0) is 10.0. The number of thioether (sulfide) groups is 1. The Morgan fingerprint density at radius 1 is 1.31 bits per heavy atom. The summed E-state index contributed by atoms with van der Waals surface area (Å²) in [5.74, 6) is 0.800. The normalized spacial score (nSPS) is 25.7. The topological polar surface area (TPSA) is 34.1 Å². The minimum Gasteiger partial charge on any atom is -0.299 e. The van der Waals surface area contributed by atoms with Crippen molar-refractivity contribution in [1.29, 1.82) is 0 Å². The molecule has 1 fully saturated rings. The Kier molecular flexibility index (Phi) is 3.54. The highest BCUT2D eigenvalue weighted by molar-refractivity contribution is 8.01. The first-order valence-electron chi connectivity index (χ1n) is 4.70. The lowest BCUT2D eigenvalue weighted by Gasteiger charge is -2.17. The summed E-state index contributed by atoms with van der Waals surface area (Å²) < 4.78 is 0. The van der Waals surface area contributed by atoms with Gasteiger partial charge in [-0.2, -0.15) is 0 Å². The van der Waals surface area contributed by atoms with Crippen molar-refractivity contribution in [2.24, 2.45) is 5.92 Å². The largest absolute Gasteiger partial charge is 0.299 e. The quantitative estimate of drug-likeness (QED) is 0.654. The van der Waals surface area contributed by atoms with Gasteiger partial charge in [-0.05, 0) is 5.92 Å². The van der Waals surface area contributed by atoms with Crippen LogP contribution >= 0.6 is 11.8 Å². The first kappa shape index (κ1) is 10.8.